The number of carbonyl (C=O) groups is 1. The number of hydrogen-bond acceptors (Lipinski definition) is 4. The van der Waals surface area contributed by atoms with E-state index in [1.807, 2.05) is 61.5 Å². The van der Waals surface area contributed by atoms with Gasteiger partial charge in [-0.25, -0.2) is 13.1 Å². The van der Waals surface area contributed by atoms with Crippen LogP contribution in [0.15, 0.2) is 54.6 Å². The standard InChI is InChI=1S/C22H24ClN3O3S/c1-15-9-11-18(12-10-15)13-24-22(27)17(3)30(28,29)14-20-16(2)25-26(21(20)23)19-7-5-4-6-8-19/h4-12,17H,13-14H2,1-3H3,(H,24,27). The highest BCUT2D eigenvalue weighted by Crippen LogP contribution is 2.26. The molecular formula is C22H24ClN3O3S. The smallest absolute Gasteiger partial charge is 0.238 e. The van der Waals surface area contributed by atoms with Gasteiger partial charge in [0.15, 0.2) is 9.84 Å². The van der Waals surface area contributed by atoms with Crippen molar-refractivity contribution in [3.05, 3.63) is 82.1 Å². The molecule has 0 fully saturated rings. The topological polar surface area (TPSA) is 81.1 Å². The van der Waals surface area contributed by atoms with E-state index in [-0.39, 0.29) is 17.5 Å². The van der Waals surface area contributed by atoms with Crippen molar-refractivity contribution in [2.24, 2.45) is 0 Å². The SMILES string of the molecule is Cc1ccc(CNC(=O)C(C)S(=O)(=O)Cc2c(C)nn(-c3ccccc3)c2Cl)cc1. The highest BCUT2D eigenvalue weighted by Gasteiger charge is 2.30. The second kappa shape index (κ2) is 9.02. The van der Waals surface area contributed by atoms with Crippen LogP contribution in [0.2, 0.25) is 5.15 Å². The Hall–Kier alpha value is -2.64. The molecule has 30 heavy (non-hydrogen) atoms. The number of para-hydroxylation sites is 1. The molecule has 0 aliphatic carbocycles. The van der Waals surface area contributed by atoms with Crippen molar-refractivity contribution in [2.75, 3.05) is 0 Å². The lowest BCUT2D eigenvalue weighted by Crippen LogP contribution is -2.38. The van der Waals surface area contributed by atoms with Crippen molar-refractivity contribution in [3.8, 4) is 5.69 Å². The highest BCUT2D eigenvalue weighted by molar-refractivity contribution is 7.92. The van der Waals surface area contributed by atoms with Gasteiger partial charge in [0.1, 0.15) is 10.4 Å². The van der Waals surface area contributed by atoms with Crippen LogP contribution in [0.5, 0.6) is 0 Å². The Bertz CT molecular complexity index is 1140. The number of aromatic nitrogens is 2. The molecule has 0 bridgehead atoms. The molecule has 0 radical (unpaired) electrons. The lowest BCUT2D eigenvalue weighted by atomic mass is 10.1. The normalized spacial score (nSPS) is 12.5. The third-order valence-electron chi connectivity index (χ3n) is 4.96. The van der Waals surface area contributed by atoms with Crippen molar-refractivity contribution in [2.45, 2.75) is 38.3 Å². The van der Waals surface area contributed by atoms with Gasteiger partial charge in [-0.2, -0.15) is 5.10 Å². The van der Waals surface area contributed by atoms with Gasteiger partial charge in [0.05, 0.1) is 17.1 Å². The number of halogens is 1. The van der Waals surface area contributed by atoms with Gasteiger partial charge in [-0.05, 0) is 38.5 Å². The van der Waals surface area contributed by atoms with Gasteiger partial charge >= 0.3 is 0 Å². The molecule has 0 saturated heterocycles. The molecule has 0 spiro atoms. The van der Waals surface area contributed by atoms with E-state index >= 15 is 0 Å². The molecule has 1 N–H and O–H groups in total. The van der Waals surface area contributed by atoms with E-state index < -0.39 is 21.0 Å². The number of nitrogens with zero attached hydrogens (tertiary/aromatic N) is 2. The fourth-order valence-electron chi connectivity index (χ4n) is 2.96. The summed E-state index contributed by atoms with van der Waals surface area (Å²) in [6.07, 6.45) is 0. The summed E-state index contributed by atoms with van der Waals surface area (Å²) in [6, 6.07) is 16.9. The number of nitrogens with one attached hydrogen (secondary N) is 1. The molecule has 3 rings (SSSR count). The van der Waals surface area contributed by atoms with Gasteiger partial charge in [-0.3, -0.25) is 4.79 Å². The zero-order valence-electron chi connectivity index (χ0n) is 17.1. The maximum Gasteiger partial charge on any atom is 0.238 e. The Labute approximate surface area is 181 Å². The summed E-state index contributed by atoms with van der Waals surface area (Å²) in [5, 5.41) is 6.09. The average molecular weight is 446 g/mol. The summed E-state index contributed by atoms with van der Waals surface area (Å²) in [7, 11) is -3.79. The highest BCUT2D eigenvalue weighted by atomic mass is 35.5. The fourth-order valence-corrected chi connectivity index (χ4v) is 4.79. The first-order valence-corrected chi connectivity index (χ1v) is 11.6. The first-order chi connectivity index (χ1) is 14.2. The molecule has 3 aromatic rings. The molecular weight excluding hydrogens is 422 g/mol. The van der Waals surface area contributed by atoms with Crippen LogP contribution < -0.4 is 5.32 Å². The molecule has 0 saturated carbocycles. The molecule has 1 atom stereocenters. The Balaban J connectivity index is 1.73. The van der Waals surface area contributed by atoms with E-state index in [2.05, 4.69) is 10.4 Å². The molecule has 8 heteroatoms. The molecule has 1 unspecified atom stereocenters. The number of amides is 1. The first kappa shape index (κ1) is 22.1. The van der Waals surface area contributed by atoms with Gasteiger partial charge in [0.2, 0.25) is 5.91 Å². The van der Waals surface area contributed by atoms with Gasteiger partial charge in [0.25, 0.3) is 0 Å². The molecule has 1 heterocycles. The summed E-state index contributed by atoms with van der Waals surface area (Å²) in [5.41, 5.74) is 3.67. The number of sulfone groups is 1. The zero-order valence-corrected chi connectivity index (χ0v) is 18.7. The number of carbonyl (C=O) groups excluding carboxylic acids is 1. The van der Waals surface area contributed by atoms with Crippen molar-refractivity contribution < 1.29 is 13.2 Å². The third-order valence-corrected chi connectivity index (χ3v) is 7.33. The molecule has 2 aromatic carbocycles. The minimum atomic E-state index is -3.79. The van der Waals surface area contributed by atoms with E-state index in [0.717, 1.165) is 16.8 Å². The minimum Gasteiger partial charge on any atom is -0.351 e. The van der Waals surface area contributed by atoms with Gasteiger partial charge < -0.3 is 5.32 Å². The van der Waals surface area contributed by atoms with E-state index in [1.165, 1.54) is 11.6 Å². The molecule has 158 valence electrons. The Morgan fingerprint density at radius 2 is 1.73 bits per heavy atom. The molecule has 1 amide bonds. The maximum atomic E-state index is 12.9. The second-order valence-electron chi connectivity index (χ2n) is 7.25. The molecule has 0 aliphatic rings. The summed E-state index contributed by atoms with van der Waals surface area (Å²) in [5.74, 6) is -0.899. The third kappa shape index (κ3) is 4.91. The van der Waals surface area contributed by atoms with Crippen LogP contribution in [-0.2, 0) is 26.9 Å². The van der Waals surface area contributed by atoms with Crippen LogP contribution in [0.25, 0.3) is 5.69 Å². The van der Waals surface area contributed by atoms with Crippen LogP contribution in [0.1, 0.15) is 29.3 Å². The Morgan fingerprint density at radius 1 is 1.10 bits per heavy atom. The Kier molecular flexibility index (Phi) is 6.63. The van der Waals surface area contributed by atoms with E-state index in [9.17, 15) is 13.2 Å². The summed E-state index contributed by atoms with van der Waals surface area (Å²) in [6.45, 7) is 5.34. The predicted molar refractivity (Wildman–Crippen MR) is 118 cm³/mol. The molecule has 6 nitrogen and oxygen atoms in total. The Morgan fingerprint density at radius 3 is 2.37 bits per heavy atom. The van der Waals surface area contributed by atoms with E-state index in [1.54, 1.807) is 6.92 Å². The lowest BCUT2D eigenvalue weighted by molar-refractivity contribution is -0.120. The van der Waals surface area contributed by atoms with E-state index in [0.29, 0.717) is 11.3 Å². The average Bonchev–Trinajstić information content (AvgIpc) is 3.01. The van der Waals surface area contributed by atoms with Crippen molar-refractivity contribution >= 4 is 27.3 Å². The summed E-state index contributed by atoms with van der Waals surface area (Å²) >= 11 is 6.44. The van der Waals surface area contributed by atoms with Crippen LogP contribution in [0, 0.1) is 13.8 Å². The quantitative estimate of drug-likeness (QED) is 0.600. The fraction of sp³-hybridized carbons (Fsp3) is 0.273. The largest absolute Gasteiger partial charge is 0.351 e. The lowest BCUT2D eigenvalue weighted by Gasteiger charge is -2.14. The zero-order chi connectivity index (χ0) is 21.9. The van der Waals surface area contributed by atoms with Gasteiger partial charge in [-0.15, -0.1) is 0 Å². The summed E-state index contributed by atoms with van der Waals surface area (Å²) < 4.78 is 27.3. The number of hydrogen-bond donors (Lipinski definition) is 1. The van der Waals surface area contributed by atoms with Crippen LogP contribution in [0.3, 0.4) is 0 Å². The van der Waals surface area contributed by atoms with Crippen molar-refractivity contribution in [1.82, 2.24) is 15.1 Å². The monoisotopic (exact) mass is 445 g/mol. The van der Waals surface area contributed by atoms with Crippen LogP contribution >= 0.6 is 11.6 Å². The predicted octanol–water partition coefficient (Wildman–Crippen LogP) is 3.76. The van der Waals surface area contributed by atoms with Gasteiger partial charge in [0, 0.05) is 12.1 Å². The summed E-state index contributed by atoms with van der Waals surface area (Å²) in [4.78, 5) is 12.5. The van der Waals surface area contributed by atoms with Gasteiger partial charge in [-0.1, -0.05) is 59.6 Å². The molecule has 0 aliphatic heterocycles. The maximum absolute atomic E-state index is 12.9. The van der Waals surface area contributed by atoms with Crippen molar-refractivity contribution in [3.63, 3.8) is 0 Å². The van der Waals surface area contributed by atoms with Crippen molar-refractivity contribution in [1.29, 1.82) is 0 Å². The number of rotatable bonds is 7. The van der Waals surface area contributed by atoms with Crippen LogP contribution in [-0.4, -0.2) is 29.4 Å². The van der Waals surface area contributed by atoms with E-state index in [4.69, 9.17) is 11.6 Å². The van der Waals surface area contributed by atoms with Crippen LogP contribution in [0.4, 0.5) is 0 Å². The second-order valence-corrected chi connectivity index (χ2v) is 9.93. The number of aryl methyl sites for hydroxylation is 2. The molecule has 1 aromatic heterocycles. The number of benzene rings is 2. The minimum absolute atomic E-state index is 0.231. The first-order valence-electron chi connectivity index (χ1n) is 9.53.